The molecule has 0 spiro atoms. The van der Waals surface area contributed by atoms with Crippen LogP contribution in [-0.4, -0.2) is 40.6 Å². The van der Waals surface area contributed by atoms with Gasteiger partial charge in [-0.3, -0.25) is 9.59 Å². The van der Waals surface area contributed by atoms with E-state index >= 15 is 0 Å². The van der Waals surface area contributed by atoms with Gasteiger partial charge in [-0.05, 0) is 0 Å². The first-order chi connectivity index (χ1) is 9.67. The highest BCUT2D eigenvalue weighted by Crippen LogP contribution is 2.12. The molecule has 2 amide bonds. The van der Waals surface area contributed by atoms with E-state index in [-0.39, 0.29) is 12.2 Å². The maximum atomic E-state index is 11.8. The normalized spacial score (nSPS) is 11.0. The number of carboxylic acids is 1. The standard InChI is InChI=1S/C10H10F3N3O4S/c11-10(12,13)4-15-7(18)1-6(17)14-2-8-16-5(3-21-8)9(19)20/h3H,1-2,4H2,(H,14,17)(H,15,18)(H,19,20). The Hall–Kier alpha value is -2.17. The lowest BCUT2D eigenvalue weighted by Gasteiger charge is -2.08. The van der Waals surface area contributed by atoms with Gasteiger partial charge in [-0.1, -0.05) is 0 Å². The molecule has 3 N–H and O–H groups in total. The first kappa shape index (κ1) is 16.9. The lowest BCUT2D eigenvalue weighted by atomic mass is 10.3. The van der Waals surface area contributed by atoms with Crippen LogP contribution in [0.2, 0.25) is 0 Å². The lowest BCUT2D eigenvalue weighted by molar-refractivity contribution is -0.140. The van der Waals surface area contributed by atoms with Gasteiger partial charge in [-0.15, -0.1) is 11.3 Å². The largest absolute Gasteiger partial charge is 0.476 e. The molecule has 0 unspecified atom stereocenters. The zero-order chi connectivity index (χ0) is 16.0. The molecule has 0 saturated heterocycles. The number of aromatic carboxylic acids is 1. The molecule has 116 valence electrons. The van der Waals surface area contributed by atoms with Crippen LogP contribution in [0.5, 0.6) is 0 Å². The van der Waals surface area contributed by atoms with Crippen molar-refractivity contribution in [1.29, 1.82) is 0 Å². The van der Waals surface area contributed by atoms with Crippen molar-refractivity contribution < 1.29 is 32.7 Å². The number of hydrogen-bond acceptors (Lipinski definition) is 5. The van der Waals surface area contributed by atoms with Gasteiger partial charge < -0.3 is 15.7 Å². The molecule has 0 atom stereocenters. The van der Waals surface area contributed by atoms with Gasteiger partial charge in [0, 0.05) is 5.38 Å². The predicted molar refractivity (Wildman–Crippen MR) is 64.6 cm³/mol. The van der Waals surface area contributed by atoms with Crippen LogP contribution in [0.3, 0.4) is 0 Å². The van der Waals surface area contributed by atoms with Gasteiger partial charge in [-0.2, -0.15) is 13.2 Å². The highest BCUT2D eigenvalue weighted by Gasteiger charge is 2.27. The number of carboxylic acid groups (broad SMARTS) is 1. The molecular weight excluding hydrogens is 315 g/mol. The van der Waals surface area contributed by atoms with E-state index < -0.39 is 36.9 Å². The van der Waals surface area contributed by atoms with E-state index in [1.54, 1.807) is 5.32 Å². The fourth-order valence-corrected chi connectivity index (χ4v) is 1.84. The van der Waals surface area contributed by atoms with Crippen molar-refractivity contribution in [2.45, 2.75) is 19.1 Å². The second kappa shape index (κ2) is 7.02. The van der Waals surface area contributed by atoms with Gasteiger partial charge in [0.2, 0.25) is 11.8 Å². The van der Waals surface area contributed by atoms with E-state index in [1.807, 2.05) is 0 Å². The van der Waals surface area contributed by atoms with E-state index in [2.05, 4.69) is 10.3 Å². The van der Waals surface area contributed by atoms with Crippen LogP contribution >= 0.6 is 11.3 Å². The molecule has 0 aliphatic rings. The van der Waals surface area contributed by atoms with Gasteiger partial charge in [-0.25, -0.2) is 9.78 Å². The summed E-state index contributed by atoms with van der Waals surface area (Å²) in [6.07, 6.45) is -5.30. The van der Waals surface area contributed by atoms with E-state index in [0.29, 0.717) is 5.01 Å². The molecule has 21 heavy (non-hydrogen) atoms. The van der Waals surface area contributed by atoms with Gasteiger partial charge >= 0.3 is 12.1 Å². The molecule has 1 heterocycles. The highest BCUT2D eigenvalue weighted by atomic mass is 32.1. The minimum absolute atomic E-state index is 0.108. The molecule has 7 nitrogen and oxygen atoms in total. The van der Waals surface area contributed by atoms with Crippen LogP contribution in [-0.2, 0) is 16.1 Å². The number of halogens is 3. The third-order valence-corrected chi connectivity index (χ3v) is 2.86. The molecule has 0 saturated carbocycles. The minimum atomic E-state index is -4.54. The third-order valence-electron chi connectivity index (χ3n) is 2.01. The van der Waals surface area contributed by atoms with E-state index in [0.717, 1.165) is 11.3 Å². The Morgan fingerprint density at radius 3 is 2.38 bits per heavy atom. The molecular formula is C10H10F3N3O4S. The number of aromatic nitrogens is 1. The molecule has 0 aromatic carbocycles. The minimum Gasteiger partial charge on any atom is -0.476 e. The third kappa shape index (κ3) is 6.70. The number of rotatable bonds is 6. The topological polar surface area (TPSA) is 108 Å². The number of carbonyl (C=O) groups is 3. The Morgan fingerprint density at radius 1 is 1.24 bits per heavy atom. The van der Waals surface area contributed by atoms with Crippen molar-refractivity contribution in [1.82, 2.24) is 15.6 Å². The summed E-state index contributed by atoms with van der Waals surface area (Å²) in [7, 11) is 0. The van der Waals surface area contributed by atoms with Crippen molar-refractivity contribution in [3.05, 3.63) is 16.1 Å². The number of nitrogens with zero attached hydrogens (tertiary/aromatic N) is 1. The Bertz CT molecular complexity index is 544. The second-order valence-electron chi connectivity index (χ2n) is 3.78. The van der Waals surface area contributed by atoms with Crippen LogP contribution in [0.4, 0.5) is 13.2 Å². The average Bonchev–Trinajstić information content (AvgIpc) is 2.82. The lowest BCUT2D eigenvalue weighted by Crippen LogP contribution is -2.37. The van der Waals surface area contributed by atoms with Gasteiger partial charge in [0.25, 0.3) is 0 Å². The summed E-state index contributed by atoms with van der Waals surface area (Å²) in [5, 5.41) is 14.0. The number of amides is 2. The summed E-state index contributed by atoms with van der Waals surface area (Å²) >= 11 is 0.996. The molecule has 11 heteroatoms. The van der Waals surface area contributed by atoms with Gasteiger partial charge in [0.05, 0.1) is 6.54 Å². The summed E-state index contributed by atoms with van der Waals surface area (Å²) in [5.41, 5.74) is -0.174. The van der Waals surface area contributed by atoms with E-state index in [1.165, 1.54) is 5.38 Å². The van der Waals surface area contributed by atoms with Crippen LogP contribution in [0.25, 0.3) is 0 Å². The number of carbonyl (C=O) groups excluding carboxylic acids is 2. The van der Waals surface area contributed by atoms with Crippen molar-refractivity contribution in [3.8, 4) is 0 Å². The Labute approximate surface area is 120 Å². The van der Waals surface area contributed by atoms with Gasteiger partial charge in [0.15, 0.2) is 5.69 Å². The summed E-state index contributed by atoms with van der Waals surface area (Å²) in [4.78, 5) is 36.6. The molecule has 0 aliphatic carbocycles. The Balaban J connectivity index is 2.33. The van der Waals surface area contributed by atoms with Crippen molar-refractivity contribution in [3.63, 3.8) is 0 Å². The summed E-state index contributed by atoms with van der Waals surface area (Å²) in [6.45, 7) is -1.61. The van der Waals surface area contributed by atoms with E-state index in [9.17, 15) is 27.6 Å². The fraction of sp³-hybridized carbons (Fsp3) is 0.400. The fourth-order valence-electron chi connectivity index (χ4n) is 1.13. The van der Waals surface area contributed by atoms with Crippen LogP contribution in [0.15, 0.2) is 5.38 Å². The number of hydrogen-bond donors (Lipinski definition) is 3. The van der Waals surface area contributed by atoms with Crippen LogP contribution < -0.4 is 10.6 Å². The van der Waals surface area contributed by atoms with Crippen LogP contribution in [0, 0.1) is 0 Å². The first-order valence-electron chi connectivity index (χ1n) is 5.45. The maximum absolute atomic E-state index is 11.8. The Morgan fingerprint density at radius 2 is 1.86 bits per heavy atom. The Kier molecular flexibility index (Phi) is 5.64. The molecule has 1 aromatic rings. The highest BCUT2D eigenvalue weighted by molar-refractivity contribution is 7.09. The summed E-state index contributed by atoms with van der Waals surface area (Å²) < 4.78 is 35.5. The molecule has 1 aromatic heterocycles. The number of thiazole rings is 1. The van der Waals surface area contributed by atoms with E-state index in [4.69, 9.17) is 5.11 Å². The van der Waals surface area contributed by atoms with Crippen molar-refractivity contribution in [2.24, 2.45) is 0 Å². The van der Waals surface area contributed by atoms with Crippen molar-refractivity contribution in [2.75, 3.05) is 6.54 Å². The quantitative estimate of drug-likeness (QED) is 0.661. The average molecular weight is 325 g/mol. The number of alkyl halides is 3. The monoisotopic (exact) mass is 325 g/mol. The molecule has 0 fully saturated rings. The molecule has 0 aliphatic heterocycles. The number of nitrogens with one attached hydrogen (secondary N) is 2. The molecule has 0 radical (unpaired) electrons. The molecule has 0 bridgehead atoms. The summed E-state index contributed by atoms with van der Waals surface area (Å²) in [5.74, 6) is -3.06. The zero-order valence-corrected chi connectivity index (χ0v) is 11.2. The zero-order valence-electron chi connectivity index (χ0n) is 10.4. The van der Waals surface area contributed by atoms with Crippen molar-refractivity contribution >= 4 is 29.1 Å². The maximum Gasteiger partial charge on any atom is 0.405 e. The van der Waals surface area contributed by atoms with Crippen LogP contribution in [0.1, 0.15) is 21.9 Å². The van der Waals surface area contributed by atoms with Gasteiger partial charge in [0.1, 0.15) is 18.0 Å². The summed E-state index contributed by atoms with van der Waals surface area (Å²) in [6, 6.07) is 0. The first-order valence-corrected chi connectivity index (χ1v) is 6.33. The second-order valence-corrected chi connectivity index (χ2v) is 4.72. The SMILES string of the molecule is O=C(CC(=O)NCC(F)(F)F)NCc1nc(C(=O)O)cs1. The molecule has 1 rings (SSSR count). The predicted octanol–water partition coefficient (Wildman–Crippen LogP) is 0.526. The smallest absolute Gasteiger partial charge is 0.405 e.